The Morgan fingerprint density at radius 1 is 1.27 bits per heavy atom. The van der Waals surface area contributed by atoms with Crippen molar-refractivity contribution in [3.05, 3.63) is 34.9 Å². The Morgan fingerprint density at radius 2 is 1.93 bits per heavy atom. The first-order chi connectivity index (χ1) is 7.06. The summed E-state index contributed by atoms with van der Waals surface area (Å²) in [7, 11) is 0. The standard InChI is InChI=1S/C14H23N/c1-5-12(15)9-14-11(4)7-6-8-13(14)10(2)3/h6-8,10,12H,5,9,15H2,1-4H3. The summed E-state index contributed by atoms with van der Waals surface area (Å²) < 4.78 is 0. The minimum Gasteiger partial charge on any atom is -0.327 e. The third-order valence-corrected chi connectivity index (χ3v) is 3.06. The molecule has 1 aromatic rings. The molecule has 0 aliphatic carbocycles. The number of rotatable bonds is 4. The second-order valence-electron chi connectivity index (χ2n) is 4.67. The minimum atomic E-state index is 0.295. The molecule has 1 aromatic carbocycles. The summed E-state index contributed by atoms with van der Waals surface area (Å²) in [5.74, 6) is 0.587. The number of nitrogens with two attached hydrogens (primary N) is 1. The van der Waals surface area contributed by atoms with Crippen LogP contribution in [0.15, 0.2) is 18.2 Å². The van der Waals surface area contributed by atoms with Gasteiger partial charge in [0.1, 0.15) is 0 Å². The van der Waals surface area contributed by atoms with Crippen molar-refractivity contribution in [2.24, 2.45) is 5.73 Å². The Bertz CT molecular complexity index is 315. The normalized spacial score (nSPS) is 13.2. The van der Waals surface area contributed by atoms with Gasteiger partial charge in [-0.05, 0) is 42.4 Å². The molecule has 0 saturated heterocycles. The summed E-state index contributed by atoms with van der Waals surface area (Å²) in [5, 5.41) is 0. The first kappa shape index (κ1) is 12.3. The van der Waals surface area contributed by atoms with Crippen LogP contribution in [-0.4, -0.2) is 6.04 Å². The van der Waals surface area contributed by atoms with Gasteiger partial charge in [-0.15, -0.1) is 0 Å². The predicted octanol–water partition coefficient (Wildman–Crippen LogP) is 3.40. The molecule has 1 rings (SSSR count). The molecule has 0 fully saturated rings. The molecule has 2 N–H and O–H groups in total. The average Bonchev–Trinajstić information content (AvgIpc) is 2.20. The zero-order valence-electron chi connectivity index (χ0n) is 10.4. The molecule has 0 heterocycles. The van der Waals surface area contributed by atoms with Crippen LogP contribution < -0.4 is 5.73 Å². The van der Waals surface area contributed by atoms with E-state index < -0.39 is 0 Å². The second-order valence-corrected chi connectivity index (χ2v) is 4.67. The highest BCUT2D eigenvalue weighted by molar-refractivity contribution is 5.37. The number of aryl methyl sites for hydroxylation is 1. The van der Waals surface area contributed by atoms with Crippen molar-refractivity contribution >= 4 is 0 Å². The van der Waals surface area contributed by atoms with Crippen molar-refractivity contribution in [3.8, 4) is 0 Å². The van der Waals surface area contributed by atoms with Gasteiger partial charge in [0, 0.05) is 6.04 Å². The van der Waals surface area contributed by atoms with E-state index in [0.29, 0.717) is 12.0 Å². The van der Waals surface area contributed by atoms with Crippen LogP contribution in [0.5, 0.6) is 0 Å². The maximum absolute atomic E-state index is 6.04. The fraction of sp³-hybridized carbons (Fsp3) is 0.571. The molecule has 1 nitrogen and oxygen atoms in total. The van der Waals surface area contributed by atoms with Gasteiger partial charge >= 0.3 is 0 Å². The quantitative estimate of drug-likeness (QED) is 0.801. The second kappa shape index (κ2) is 5.32. The Hall–Kier alpha value is -0.820. The Kier molecular flexibility index (Phi) is 4.34. The van der Waals surface area contributed by atoms with Gasteiger partial charge in [0.05, 0.1) is 0 Å². The largest absolute Gasteiger partial charge is 0.327 e. The van der Waals surface area contributed by atoms with E-state index in [2.05, 4.69) is 45.9 Å². The lowest BCUT2D eigenvalue weighted by atomic mass is 9.89. The van der Waals surface area contributed by atoms with Gasteiger partial charge < -0.3 is 5.73 Å². The van der Waals surface area contributed by atoms with Crippen LogP contribution in [0.2, 0.25) is 0 Å². The lowest BCUT2D eigenvalue weighted by Gasteiger charge is -2.18. The molecular weight excluding hydrogens is 182 g/mol. The highest BCUT2D eigenvalue weighted by atomic mass is 14.6. The van der Waals surface area contributed by atoms with Crippen LogP contribution >= 0.6 is 0 Å². The molecule has 0 aliphatic heterocycles. The van der Waals surface area contributed by atoms with Gasteiger partial charge in [0.2, 0.25) is 0 Å². The minimum absolute atomic E-state index is 0.295. The Labute approximate surface area is 93.7 Å². The van der Waals surface area contributed by atoms with E-state index in [4.69, 9.17) is 5.73 Å². The zero-order chi connectivity index (χ0) is 11.4. The highest BCUT2D eigenvalue weighted by Crippen LogP contribution is 2.23. The average molecular weight is 205 g/mol. The molecule has 0 aliphatic rings. The summed E-state index contributed by atoms with van der Waals surface area (Å²) in [6.07, 6.45) is 2.06. The SMILES string of the molecule is CCC(N)Cc1c(C)cccc1C(C)C. The van der Waals surface area contributed by atoms with Gasteiger partial charge in [0.15, 0.2) is 0 Å². The van der Waals surface area contributed by atoms with Gasteiger partial charge in [-0.2, -0.15) is 0 Å². The smallest absolute Gasteiger partial charge is 0.00769 e. The molecule has 0 bridgehead atoms. The van der Waals surface area contributed by atoms with Crippen molar-refractivity contribution < 1.29 is 0 Å². The van der Waals surface area contributed by atoms with Crippen LogP contribution in [0.25, 0.3) is 0 Å². The zero-order valence-corrected chi connectivity index (χ0v) is 10.4. The molecule has 1 unspecified atom stereocenters. The van der Waals surface area contributed by atoms with Crippen LogP contribution in [0.4, 0.5) is 0 Å². The van der Waals surface area contributed by atoms with E-state index in [-0.39, 0.29) is 0 Å². The van der Waals surface area contributed by atoms with E-state index in [9.17, 15) is 0 Å². The third kappa shape index (κ3) is 3.07. The topological polar surface area (TPSA) is 26.0 Å². The van der Waals surface area contributed by atoms with Gasteiger partial charge in [-0.3, -0.25) is 0 Å². The Balaban J connectivity index is 3.02. The number of hydrogen-bond donors (Lipinski definition) is 1. The van der Waals surface area contributed by atoms with Gasteiger partial charge in [0.25, 0.3) is 0 Å². The van der Waals surface area contributed by atoms with Crippen LogP contribution in [0, 0.1) is 6.92 Å². The van der Waals surface area contributed by atoms with Crippen LogP contribution in [-0.2, 0) is 6.42 Å². The molecule has 0 spiro atoms. The summed E-state index contributed by atoms with van der Waals surface area (Å²) in [4.78, 5) is 0. The molecule has 1 atom stereocenters. The Morgan fingerprint density at radius 3 is 2.47 bits per heavy atom. The summed E-state index contributed by atoms with van der Waals surface area (Å²) in [5.41, 5.74) is 10.3. The van der Waals surface area contributed by atoms with Crippen molar-refractivity contribution in [2.45, 2.75) is 52.5 Å². The van der Waals surface area contributed by atoms with Crippen molar-refractivity contribution in [2.75, 3.05) is 0 Å². The highest BCUT2D eigenvalue weighted by Gasteiger charge is 2.11. The maximum atomic E-state index is 6.04. The lowest BCUT2D eigenvalue weighted by molar-refractivity contribution is 0.637. The molecule has 15 heavy (non-hydrogen) atoms. The molecule has 0 radical (unpaired) electrons. The van der Waals surface area contributed by atoms with E-state index in [1.165, 1.54) is 16.7 Å². The summed E-state index contributed by atoms with van der Waals surface area (Å²) in [6, 6.07) is 6.86. The number of hydrogen-bond acceptors (Lipinski definition) is 1. The summed E-state index contributed by atoms with van der Waals surface area (Å²) in [6.45, 7) is 8.83. The number of benzene rings is 1. The first-order valence-corrected chi connectivity index (χ1v) is 5.90. The van der Waals surface area contributed by atoms with Crippen molar-refractivity contribution in [1.82, 2.24) is 0 Å². The fourth-order valence-corrected chi connectivity index (χ4v) is 1.95. The molecular formula is C14H23N. The van der Waals surface area contributed by atoms with Crippen LogP contribution in [0.3, 0.4) is 0 Å². The van der Waals surface area contributed by atoms with Gasteiger partial charge in [-0.25, -0.2) is 0 Å². The molecule has 84 valence electrons. The molecule has 1 heteroatoms. The van der Waals surface area contributed by atoms with Crippen molar-refractivity contribution in [1.29, 1.82) is 0 Å². The third-order valence-electron chi connectivity index (χ3n) is 3.06. The van der Waals surface area contributed by atoms with Crippen LogP contribution in [0.1, 0.15) is 49.8 Å². The maximum Gasteiger partial charge on any atom is 0.00769 e. The molecule has 0 saturated carbocycles. The van der Waals surface area contributed by atoms with E-state index in [0.717, 1.165) is 12.8 Å². The van der Waals surface area contributed by atoms with Crippen molar-refractivity contribution in [3.63, 3.8) is 0 Å². The summed E-state index contributed by atoms with van der Waals surface area (Å²) >= 11 is 0. The van der Waals surface area contributed by atoms with E-state index >= 15 is 0 Å². The van der Waals surface area contributed by atoms with E-state index in [1.54, 1.807) is 0 Å². The monoisotopic (exact) mass is 205 g/mol. The predicted molar refractivity (Wildman–Crippen MR) is 67.2 cm³/mol. The first-order valence-electron chi connectivity index (χ1n) is 5.90. The lowest BCUT2D eigenvalue weighted by Crippen LogP contribution is -2.22. The van der Waals surface area contributed by atoms with Gasteiger partial charge in [-0.1, -0.05) is 39.0 Å². The molecule has 0 amide bonds. The van der Waals surface area contributed by atoms with E-state index in [1.807, 2.05) is 0 Å². The molecule has 0 aromatic heterocycles. The fourth-order valence-electron chi connectivity index (χ4n) is 1.95.